The second-order valence-electron chi connectivity index (χ2n) is 11.1. The molecule has 1 saturated heterocycles. The van der Waals surface area contributed by atoms with Crippen LogP contribution in [0.2, 0.25) is 0 Å². The van der Waals surface area contributed by atoms with E-state index in [-0.39, 0.29) is 18.0 Å². The van der Waals surface area contributed by atoms with E-state index in [0.717, 1.165) is 69.8 Å². The van der Waals surface area contributed by atoms with Crippen molar-refractivity contribution in [1.82, 2.24) is 0 Å². The van der Waals surface area contributed by atoms with E-state index in [1.807, 2.05) is 6.08 Å². The van der Waals surface area contributed by atoms with E-state index in [1.165, 1.54) is 64.2 Å². The van der Waals surface area contributed by atoms with Gasteiger partial charge in [0.2, 0.25) is 0 Å². The van der Waals surface area contributed by atoms with Crippen molar-refractivity contribution in [2.75, 3.05) is 6.61 Å². The van der Waals surface area contributed by atoms with Crippen molar-refractivity contribution < 1.29 is 14.3 Å². The fraction of sp³-hybridized carbons (Fsp3) is 0.897. The van der Waals surface area contributed by atoms with Gasteiger partial charge in [-0.25, -0.2) is 0 Å². The average Bonchev–Trinajstić information content (AvgIpc) is 2.83. The van der Waals surface area contributed by atoms with Crippen LogP contribution in [0.3, 0.4) is 0 Å². The molecule has 2 aliphatic carbocycles. The van der Waals surface area contributed by atoms with Gasteiger partial charge in [-0.3, -0.25) is 4.79 Å². The van der Waals surface area contributed by atoms with Gasteiger partial charge in [-0.05, 0) is 82.0 Å². The zero-order valence-electron chi connectivity index (χ0n) is 20.9. The normalized spacial score (nSPS) is 33.6. The van der Waals surface area contributed by atoms with E-state index in [4.69, 9.17) is 9.47 Å². The van der Waals surface area contributed by atoms with E-state index in [2.05, 4.69) is 13.5 Å². The standard InChI is InChI=1S/C29H50O3/c1-3-5-7-8-9-10-23-12-14-24(15-13-23)22-31-27-19-16-25(17-20-27)28-21-18-26(11-6-4-2)29(30)32-28/h4,23-28H,2-3,5-22H2,1H3. The van der Waals surface area contributed by atoms with Crippen LogP contribution in [0.15, 0.2) is 12.7 Å². The molecule has 1 aliphatic heterocycles. The van der Waals surface area contributed by atoms with Crippen LogP contribution in [-0.2, 0) is 14.3 Å². The minimum absolute atomic E-state index is 0.0398. The molecule has 1 heterocycles. The van der Waals surface area contributed by atoms with Crippen LogP contribution in [0.25, 0.3) is 0 Å². The van der Waals surface area contributed by atoms with Crippen molar-refractivity contribution in [1.29, 1.82) is 0 Å². The first-order valence-electron chi connectivity index (χ1n) is 14.1. The Kier molecular flexibility index (Phi) is 11.6. The van der Waals surface area contributed by atoms with Gasteiger partial charge in [-0.15, -0.1) is 6.58 Å². The van der Waals surface area contributed by atoms with Crippen molar-refractivity contribution in [3.63, 3.8) is 0 Å². The molecule has 2 saturated carbocycles. The number of rotatable bonds is 13. The van der Waals surface area contributed by atoms with Crippen molar-refractivity contribution in [3.05, 3.63) is 12.7 Å². The highest BCUT2D eigenvalue weighted by Gasteiger charge is 2.36. The predicted molar refractivity (Wildman–Crippen MR) is 133 cm³/mol. The van der Waals surface area contributed by atoms with Crippen molar-refractivity contribution in [2.45, 2.75) is 135 Å². The van der Waals surface area contributed by atoms with Gasteiger partial charge in [0.25, 0.3) is 0 Å². The molecule has 2 unspecified atom stereocenters. The molecule has 0 spiro atoms. The first-order valence-corrected chi connectivity index (χ1v) is 14.1. The molecule has 0 aromatic carbocycles. The molecule has 0 bridgehead atoms. The van der Waals surface area contributed by atoms with E-state index in [9.17, 15) is 4.79 Å². The number of esters is 1. The summed E-state index contributed by atoms with van der Waals surface area (Å²) in [4.78, 5) is 12.3. The molecule has 0 N–H and O–H groups in total. The average molecular weight is 447 g/mol. The molecular weight excluding hydrogens is 396 g/mol. The SMILES string of the molecule is C=CCCC1CCC(C2CCC(OCC3CCC(CCCCCCC)CC3)CC2)OC1=O. The molecule has 0 amide bonds. The van der Waals surface area contributed by atoms with Crippen molar-refractivity contribution in [2.24, 2.45) is 23.7 Å². The fourth-order valence-electron chi connectivity index (χ4n) is 6.32. The Morgan fingerprint density at radius 2 is 1.59 bits per heavy atom. The summed E-state index contributed by atoms with van der Waals surface area (Å²) in [6.45, 7) is 7.04. The van der Waals surface area contributed by atoms with Crippen molar-refractivity contribution in [3.8, 4) is 0 Å². The Hall–Kier alpha value is -0.830. The zero-order valence-corrected chi connectivity index (χ0v) is 20.9. The molecule has 3 rings (SSSR count). The number of allylic oxidation sites excluding steroid dienone is 1. The summed E-state index contributed by atoms with van der Waals surface area (Å²) in [6, 6.07) is 0. The second kappa shape index (κ2) is 14.4. The van der Waals surface area contributed by atoms with Gasteiger partial charge >= 0.3 is 5.97 Å². The summed E-state index contributed by atoms with van der Waals surface area (Å²) in [6.07, 6.45) is 25.1. The summed E-state index contributed by atoms with van der Waals surface area (Å²) in [7, 11) is 0. The first kappa shape index (κ1) is 25.8. The molecule has 3 aliphatic rings. The van der Waals surface area contributed by atoms with Crippen LogP contribution >= 0.6 is 0 Å². The highest BCUT2D eigenvalue weighted by molar-refractivity contribution is 5.73. The monoisotopic (exact) mass is 446 g/mol. The smallest absolute Gasteiger partial charge is 0.309 e. The summed E-state index contributed by atoms with van der Waals surface area (Å²) in [5.74, 6) is 2.46. The molecule has 32 heavy (non-hydrogen) atoms. The van der Waals surface area contributed by atoms with Crippen LogP contribution in [0.4, 0.5) is 0 Å². The number of cyclic esters (lactones) is 1. The molecule has 3 nitrogen and oxygen atoms in total. The predicted octanol–water partition coefficient (Wildman–Crippen LogP) is 8.02. The van der Waals surface area contributed by atoms with Crippen LogP contribution in [0.1, 0.15) is 122 Å². The Morgan fingerprint density at radius 3 is 2.28 bits per heavy atom. The third kappa shape index (κ3) is 8.50. The highest BCUT2D eigenvalue weighted by Crippen LogP contribution is 2.37. The van der Waals surface area contributed by atoms with Gasteiger partial charge in [0.1, 0.15) is 6.10 Å². The Bertz CT molecular complexity index is 529. The Morgan fingerprint density at radius 1 is 0.875 bits per heavy atom. The van der Waals surface area contributed by atoms with Crippen molar-refractivity contribution >= 4 is 5.97 Å². The largest absolute Gasteiger partial charge is 0.462 e. The van der Waals surface area contributed by atoms with Gasteiger partial charge in [0, 0.05) is 6.61 Å². The highest BCUT2D eigenvalue weighted by atomic mass is 16.5. The molecule has 184 valence electrons. The Labute approximate surface area is 198 Å². The van der Waals surface area contributed by atoms with Gasteiger partial charge < -0.3 is 9.47 Å². The molecule has 0 aromatic heterocycles. The van der Waals surface area contributed by atoms with Gasteiger partial charge in [-0.1, -0.05) is 64.4 Å². The minimum Gasteiger partial charge on any atom is -0.462 e. The maximum absolute atomic E-state index is 12.3. The lowest BCUT2D eigenvalue weighted by molar-refractivity contribution is -0.165. The third-order valence-electron chi connectivity index (χ3n) is 8.61. The first-order chi connectivity index (χ1) is 15.7. The summed E-state index contributed by atoms with van der Waals surface area (Å²) >= 11 is 0. The van der Waals surface area contributed by atoms with E-state index < -0.39 is 0 Å². The molecule has 2 atom stereocenters. The van der Waals surface area contributed by atoms with Crippen LogP contribution in [-0.4, -0.2) is 24.8 Å². The number of ether oxygens (including phenoxy) is 2. The van der Waals surface area contributed by atoms with Crippen LogP contribution < -0.4 is 0 Å². The maximum Gasteiger partial charge on any atom is 0.309 e. The minimum atomic E-state index is 0.0398. The van der Waals surface area contributed by atoms with Crippen LogP contribution in [0.5, 0.6) is 0 Å². The third-order valence-corrected chi connectivity index (χ3v) is 8.61. The van der Waals surface area contributed by atoms with Gasteiger partial charge in [-0.2, -0.15) is 0 Å². The number of carbonyl (C=O) groups excluding carboxylic acids is 1. The van der Waals surface area contributed by atoms with Crippen LogP contribution in [0, 0.1) is 23.7 Å². The summed E-state index contributed by atoms with van der Waals surface area (Å²) < 4.78 is 12.3. The van der Waals surface area contributed by atoms with Gasteiger partial charge in [0.15, 0.2) is 0 Å². The summed E-state index contributed by atoms with van der Waals surface area (Å²) in [5, 5.41) is 0. The van der Waals surface area contributed by atoms with Gasteiger partial charge in [0.05, 0.1) is 12.0 Å². The van der Waals surface area contributed by atoms with E-state index >= 15 is 0 Å². The zero-order chi connectivity index (χ0) is 22.6. The van der Waals surface area contributed by atoms with E-state index in [1.54, 1.807) is 0 Å². The lowest BCUT2D eigenvalue weighted by Crippen LogP contribution is -2.38. The number of carbonyl (C=O) groups is 1. The second-order valence-corrected chi connectivity index (χ2v) is 11.1. The quantitative estimate of drug-likeness (QED) is 0.163. The maximum atomic E-state index is 12.3. The number of unbranched alkanes of at least 4 members (excludes halogenated alkanes) is 4. The molecule has 3 heteroatoms. The lowest BCUT2D eigenvalue weighted by atomic mass is 9.79. The molecule has 3 fully saturated rings. The van der Waals surface area contributed by atoms with E-state index in [0.29, 0.717) is 12.0 Å². The Balaban J connectivity index is 1.24. The fourth-order valence-corrected chi connectivity index (χ4v) is 6.32. The molecule has 0 radical (unpaired) electrons. The number of hydrogen-bond acceptors (Lipinski definition) is 3. The lowest BCUT2D eigenvalue weighted by Gasteiger charge is -2.37. The molecular formula is C29H50O3. The summed E-state index contributed by atoms with van der Waals surface area (Å²) in [5.41, 5.74) is 0. The number of hydrogen-bond donors (Lipinski definition) is 0. The molecule has 0 aromatic rings. The topological polar surface area (TPSA) is 35.5 Å².